The molecular formula is C22H28N4O2. The molecule has 2 heterocycles. The quantitative estimate of drug-likeness (QED) is 0.845. The van der Waals surface area contributed by atoms with Crippen LogP contribution in [0.25, 0.3) is 0 Å². The summed E-state index contributed by atoms with van der Waals surface area (Å²) in [6.07, 6.45) is 5.23. The molecule has 0 atom stereocenters. The molecule has 6 heteroatoms. The Balaban J connectivity index is 1.66. The number of hydrogen-bond acceptors (Lipinski definition) is 4. The molecule has 1 fully saturated rings. The minimum Gasteiger partial charge on any atom is -0.372 e. The van der Waals surface area contributed by atoms with Crippen LogP contribution in [0.4, 0.5) is 11.4 Å². The fourth-order valence-electron chi connectivity index (χ4n) is 3.21. The van der Waals surface area contributed by atoms with Gasteiger partial charge in [0.25, 0.3) is 11.8 Å². The summed E-state index contributed by atoms with van der Waals surface area (Å²) in [4.78, 5) is 31.3. The van der Waals surface area contributed by atoms with Gasteiger partial charge in [-0.3, -0.25) is 14.6 Å². The van der Waals surface area contributed by atoms with E-state index >= 15 is 0 Å². The van der Waals surface area contributed by atoms with Crippen molar-refractivity contribution >= 4 is 23.2 Å². The molecule has 0 saturated carbocycles. The lowest BCUT2D eigenvalue weighted by molar-refractivity contribution is 0.0914. The van der Waals surface area contributed by atoms with Crippen LogP contribution in [0.3, 0.4) is 0 Å². The maximum Gasteiger partial charge on any atom is 0.270 e. The number of rotatable bonds is 4. The second kappa shape index (κ2) is 8.42. The van der Waals surface area contributed by atoms with Crippen LogP contribution in [0.1, 0.15) is 60.9 Å². The van der Waals surface area contributed by atoms with Gasteiger partial charge in [0.15, 0.2) is 0 Å². The van der Waals surface area contributed by atoms with Gasteiger partial charge in [0, 0.05) is 41.8 Å². The normalized spacial score (nSPS) is 14.5. The van der Waals surface area contributed by atoms with Gasteiger partial charge in [0.1, 0.15) is 5.69 Å². The molecule has 3 rings (SSSR count). The van der Waals surface area contributed by atoms with Crippen molar-refractivity contribution in [3.63, 3.8) is 0 Å². The first kappa shape index (κ1) is 19.9. The molecule has 6 nitrogen and oxygen atoms in total. The number of pyridine rings is 1. The van der Waals surface area contributed by atoms with Gasteiger partial charge in [-0.1, -0.05) is 0 Å². The maximum absolute atomic E-state index is 12.6. The first-order chi connectivity index (χ1) is 13.3. The van der Waals surface area contributed by atoms with E-state index in [2.05, 4.69) is 20.5 Å². The Hall–Kier alpha value is -2.89. The summed E-state index contributed by atoms with van der Waals surface area (Å²) >= 11 is 0. The summed E-state index contributed by atoms with van der Waals surface area (Å²) < 4.78 is 0. The summed E-state index contributed by atoms with van der Waals surface area (Å²) in [7, 11) is 0. The Bertz CT molecular complexity index is 834. The van der Waals surface area contributed by atoms with Crippen molar-refractivity contribution in [2.75, 3.05) is 23.3 Å². The van der Waals surface area contributed by atoms with Crippen molar-refractivity contribution in [2.24, 2.45) is 0 Å². The second-order valence-corrected chi connectivity index (χ2v) is 8.18. The van der Waals surface area contributed by atoms with E-state index in [1.54, 1.807) is 6.07 Å². The fraction of sp³-hybridized carbons (Fsp3) is 0.409. The first-order valence-corrected chi connectivity index (χ1v) is 9.77. The number of nitrogens with zero attached hydrogens (tertiary/aromatic N) is 2. The van der Waals surface area contributed by atoms with E-state index in [0.29, 0.717) is 5.56 Å². The van der Waals surface area contributed by atoms with Gasteiger partial charge >= 0.3 is 0 Å². The highest BCUT2D eigenvalue weighted by atomic mass is 16.2. The van der Waals surface area contributed by atoms with Crippen molar-refractivity contribution in [1.82, 2.24) is 10.3 Å². The molecule has 1 aliphatic heterocycles. The predicted molar refractivity (Wildman–Crippen MR) is 112 cm³/mol. The number of carbonyl (C=O) groups excluding carboxylic acids is 2. The number of aromatic nitrogens is 1. The number of piperidine rings is 1. The number of hydrogen-bond donors (Lipinski definition) is 2. The first-order valence-electron chi connectivity index (χ1n) is 9.77. The zero-order chi connectivity index (χ0) is 20.1. The largest absolute Gasteiger partial charge is 0.372 e. The Morgan fingerprint density at radius 3 is 2.29 bits per heavy atom. The standard InChI is InChI=1S/C22H28N4O2/c1-22(2,3)25-21(28)19-15-16(11-12-23-19)20(27)24-17-7-9-18(10-8-17)26-13-5-4-6-14-26/h7-12,15H,4-6,13-14H2,1-3H3,(H,24,27)(H,25,28). The molecule has 0 radical (unpaired) electrons. The van der Waals surface area contributed by atoms with Crippen LogP contribution in [0.2, 0.25) is 0 Å². The van der Waals surface area contributed by atoms with E-state index < -0.39 is 0 Å². The van der Waals surface area contributed by atoms with Crippen molar-refractivity contribution in [3.05, 3.63) is 53.9 Å². The van der Waals surface area contributed by atoms with Crippen molar-refractivity contribution < 1.29 is 9.59 Å². The molecule has 1 saturated heterocycles. The summed E-state index contributed by atoms with van der Waals surface area (Å²) in [5.74, 6) is -0.564. The number of anilines is 2. The SMILES string of the molecule is CC(C)(C)NC(=O)c1cc(C(=O)Nc2ccc(N3CCCCC3)cc2)ccn1. The van der Waals surface area contributed by atoms with Crippen molar-refractivity contribution in [3.8, 4) is 0 Å². The van der Waals surface area contributed by atoms with E-state index in [1.807, 2.05) is 45.0 Å². The molecule has 0 aliphatic carbocycles. The lowest BCUT2D eigenvalue weighted by Gasteiger charge is -2.28. The van der Waals surface area contributed by atoms with Gasteiger partial charge in [0.05, 0.1) is 0 Å². The number of amides is 2. The Labute approximate surface area is 166 Å². The molecular weight excluding hydrogens is 352 g/mol. The summed E-state index contributed by atoms with van der Waals surface area (Å²) in [5.41, 5.74) is 2.16. The van der Waals surface area contributed by atoms with Gasteiger partial charge < -0.3 is 15.5 Å². The molecule has 148 valence electrons. The Morgan fingerprint density at radius 1 is 0.964 bits per heavy atom. The van der Waals surface area contributed by atoms with Crippen LogP contribution in [-0.2, 0) is 0 Å². The van der Waals surface area contributed by atoms with E-state index in [0.717, 1.165) is 18.8 Å². The Morgan fingerprint density at radius 2 is 1.64 bits per heavy atom. The zero-order valence-corrected chi connectivity index (χ0v) is 16.8. The summed E-state index contributed by atoms with van der Waals surface area (Å²) in [6, 6.07) is 11.0. The minimum atomic E-state index is -0.368. The van der Waals surface area contributed by atoms with Gasteiger partial charge in [-0.15, -0.1) is 0 Å². The lowest BCUT2D eigenvalue weighted by atomic mass is 10.1. The predicted octanol–water partition coefficient (Wildman–Crippen LogP) is 3.85. The molecule has 1 aliphatic rings. The molecule has 0 unspecified atom stereocenters. The van der Waals surface area contributed by atoms with E-state index in [4.69, 9.17) is 0 Å². The third-order valence-corrected chi connectivity index (χ3v) is 4.59. The average Bonchev–Trinajstić information content (AvgIpc) is 2.68. The van der Waals surface area contributed by atoms with Crippen LogP contribution in [0.5, 0.6) is 0 Å². The van der Waals surface area contributed by atoms with E-state index in [-0.39, 0.29) is 23.0 Å². The fourth-order valence-corrected chi connectivity index (χ4v) is 3.21. The van der Waals surface area contributed by atoms with Gasteiger partial charge in [-0.25, -0.2) is 0 Å². The van der Waals surface area contributed by atoms with E-state index in [9.17, 15) is 9.59 Å². The Kier molecular flexibility index (Phi) is 5.97. The molecule has 1 aromatic heterocycles. The van der Waals surface area contributed by atoms with Crippen LogP contribution < -0.4 is 15.5 Å². The van der Waals surface area contributed by atoms with Crippen LogP contribution in [0, 0.1) is 0 Å². The van der Waals surface area contributed by atoms with Gasteiger partial charge in [-0.2, -0.15) is 0 Å². The molecule has 1 aromatic carbocycles. The van der Waals surface area contributed by atoms with Gasteiger partial charge in [-0.05, 0) is 76.4 Å². The number of nitrogens with one attached hydrogen (secondary N) is 2. The topological polar surface area (TPSA) is 74.3 Å². The molecule has 28 heavy (non-hydrogen) atoms. The highest BCUT2D eigenvalue weighted by Gasteiger charge is 2.18. The van der Waals surface area contributed by atoms with Crippen molar-refractivity contribution in [1.29, 1.82) is 0 Å². The average molecular weight is 380 g/mol. The highest BCUT2D eigenvalue weighted by Crippen LogP contribution is 2.22. The van der Waals surface area contributed by atoms with Crippen LogP contribution in [-0.4, -0.2) is 35.4 Å². The molecule has 0 bridgehead atoms. The lowest BCUT2D eigenvalue weighted by Crippen LogP contribution is -2.41. The van der Waals surface area contributed by atoms with E-state index in [1.165, 1.54) is 37.2 Å². The molecule has 0 spiro atoms. The summed E-state index contributed by atoms with van der Waals surface area (Å²) in [6.45, 7) is 7.86. The van der Waals surface area contributed by atoms with Crippen LogP contribution >= 0.6 is 0 Å². The van der Waals surface area contributed by atoms with Crippen LogP contribution in [0.15, 0.2) is 42.6 Å². The third kappa shape index (κ3) is 5.31. The third-order valence-electron chi connectivity index (χ3n) is 4.59. The number of benzene rings is 1. The zero-order valence-electron chi connectivity index (χ0n) is 16.8. The maximum atomic E-state index is 12.6. The molecule has 2 amide bonds. The molecule has 2 aromatic rings. The minimum absolute atomic E-state index is 0.225. The second-order valence-electron chi connectivity index (χ2n) is 8.18. The smallest absolute Gasteiger partial charge is 0.270 e. The van der Waals surface area contributed by atoms with Gasteiger partial charge in [0.2, 0.25) is 0 Å². The summed E-state index contributed by atoms with van der Waals surface area (Å²) in [5, 5.41) is 5.74. The highest BCUT2D eigenvalue weighted by molar-refractivity contribution is 6.05. The molecule has 2 N–H and O–H groups in total. The monoisotopic (exact) mass is 380 g/mol. The number of carbonyl (C=O) groups is 2. The van der Waals surface area contributed by atoms with Crippen molar-refractivity contribution in [2.45, 2.75) is 45.6 Å².